The molecule has 146 valence electrons. The Labute approximate surface area is 162 Å². The van der Waals surface area contributed by atoms with E-state index >= 15 is 0 Å². The van der Waals surface area contributed by atoms with Crippen LogP contribution in [0.15, 0.2) is 66.9 Å². The number of nitrogens with two attached hydrogens (primary N) is 1. The van der Waals surface area contributed by atoms with Gasteiger partial charge in [-0.05, 0) is 30.3 Å². The zero-order valence-corrected chi connectivity index (χ0v) is 14.7. The lowest BCUT2D eigenvalue weighted by Crippen LogP contribution is -2.06. The lowest BCUT2D eigenvalue weighted by molar-refractivity contribution is -0.137. The normalized spacial score (nSPS) is 11.7. The molecule has 0 aliphatic rings. The van der Waals surface area contributed by atoms with Gasteiger partial charge < -0.3 is 5.73 Å². The molecule has 0 fully saturated rings. The molecular formula is C21H13F4N3O. The highest BCUT2D eigenvalue weighted by Gasteiger charge is 2.31. The van der Waals surface area contributed by atoms with Crippen molar-refractivity contribution in [3.8, 4) is 11.3 Å². The van der Waals surface area contributed by atoms with E-state index < -0.39 is 17.6 Å². The second kappa shape index (κ2) is 6.73. The van der Waals surface area contributed by atoms with Gasteiger partial charge in [-0.15, -0.1) is 0 Å². The molecule has 0 saturated carbocycles. The van der Waals surface area contributed by atoms with E-state index in [2.05, 4.69) is 4.98 Å². The lowest BCUT2D eigenvalue weighted by Gasteiger charge is -2.10. The van der Waals surface area contributed by atoms with E-state index in [4.69, 9.17) is 5.73 Å². The minimum Gasteiger partial charge on any atom is -0.382 e. The van der Waals surface area contributed by atoms with Crippen LogP contribution in [-0.4, -0.2) is 15.2 Å². The van der Waals surface area contributed by atoms with Crippen LogP contribution in [0.5, 0.6) is 0 Å². The van der Waals surface area contributed by atoms with Crippen molar-refractivity contribution in [1.29, 1.82) is 0 Å². The van der Waals surface area contributed by atoms with E-state index in [1.54, 1.807) is 36.4 Å². The number of imidazole rings is 1. The molecule has 2 aromatic heterocycles. The van der Waals surface area contributed by atoms with Crippen LogP contribution in [0, 0.1) is 5.82 Å². The standard InChI is InChI=1S/C21H13F4N3O/c22-16-10-14(21(23,24)25)7-8-15(16)18-20(26)27-17-9-6-13(11-28(17)18)19(29)12-4-2-1-3-5-12/h1-11H,26H2. The average molecular weight is 399 g/mol. The monoisotopic (exact) mass is 399 g/mol. The molecule has 0 spiro atoms. The Balaban J connectivity index is 1.85. The van der Waals surface area contributed by atoms with Crippen molar-refractivity contribution >= 4 is 17.2 Å². The number of rotatable bonds is 3. The molecule has 0 atom stereocenters. The van der Waals surface area contributed by atoms with Gasteiger partial charge in [-0.2, -0.15) is 13.2 Å². The summed E-state index contributed by atoms with van der Waals surface area (Å²) < 4.78 is 54.4. The number of hydrogen-bond acceptors (Lipinski definition) is 3. The number of alkyl halides is 3. The van der Waals surface area contributed by atoms with Crippen molar-refractivity contribution in [2.24, 2.45) is 0 Å². The molecule has 4 rings (SSSR count). The number of hydrogen-bond donors (Lipinski definition) is 1. The van der Waals surface area contributed by atoms with Gasteiger partial charge in [-0.3, -0.25) is 9.20 Å². The molecule has 2 aromatic carbocycles. The van der Waals surface area contributed by atoms with Crippen molar-refractivity contribution in [2.75, 3.05) is 5.73 Å². The van der Waals surface area contributed by atoms with E-state index in [0.29, 0.717) is 22.8 Å². The van der Waals surface area contributed by atoms with Gasteiger partial charge in [-0.1, -0.05) is 30.3 Å². The minimum absolute atomic E-state index is 0.0621. The fourth-order valence-electron chi connectivity index (χ4n) is 3.10. The van der Waals surface area contributed by atoms with Crippen LogP contribution in [-0.2, 0) is 6.18 Å². The molecule has 4 aromatic rings. The Bertz CT molecular complexity index is 1230. The molecule has 2 N–H and O–H groups in total. The summed E-state index contributed by atoms with van der Waals surface area (Å²) in [4.78, 5) is 16.8. The number of benzene rings is 2. The van der Waals surface area contributed by atoms with Gasteiger partial charge in [0.2, 0.25) is 0 Å². The Hall–Kier alpha value is -3.68. The van der Waals surface area contributed by atoms with Crippen molar-refractivity contribution < 1.29 is 22.4 Å². The van der Waals surface area contributed by atoms with E-state index in [0.717, 1.165) is 12.1 Å². The summed E-state index contributed by atoms with van der Waals surface area (Å²) >= 11 is 0. The Morgan fingerprint density at radius 2 is 1.69 bits per heavy atom. The van der Waals surface area contributed by atoms with Crippen LogP contribution in [0.1, 0.15) is 21.5 Å². The molecule has 8 heteroatoms. The second-order valence-electron chi connectivity index (χ2n) is 6.38. The van der Waals surface area contributed by atoms with Gasteiger partial charge >= 0.3 is 6.18 Å². The van der Waals surface area contributed by atoms with Crippen LogP contribution in [0.2, 0.25) is 0 Å². The third kappa shape index (κ3) is 3.33. The predicted molar refractivity (Wildman–Crippen MR) is 99.9 cm³/mol. The molecule has 0 amide bonds. The number of anilines is 1. The summed E-state index contributed by atoms with van der Waals surface area (Å²) in [7, 11) is 0. The van der Waals surface area contributed by atoms with Gasteiger partial charge in [0.1, 0.15) is 11.5 Å². The van der Waals surface area contributed by atoms with E-state index in [1.807, 2.05) is 0 Å². The Morgan fingerprint density at radius 3 is 2.34 bits per heavy atom. The maximum absolute atomic E-state index is 14.5. The molecule has 29 heavy (non-hydrogen) atoms. The van der Waals surface area contributed by atoms with E-state index in [9.17, 15) is 22.4 Å². The fourth-order valence-corrected chi connectivity index (χ4v) is 3.10. The SMILES string of the molecule is Nc1nc2ccc(C(=O)c3ccccc3)cn2c1-c1ccc(C(F)(F)F)cc1F. The number of nitrogens with zero attached hydrogens (tertiary/aromatic N) is 2. The number of halogens is 4. The maximum Gasteiger partial charge on any atom is 0.416 e. The molecule has 2 heterocycles. The summed E-state index contributed by atoms with van der Waals surface area (Å²) in [5.74, 6) is -1.42. The molecule has 4 nitrogen and oxygen atoms in total. The first-order valence-electron chi connectivity index (χ1n) is 8.50. The second-order valence-corrected chi connectivity index (χ2v) is 6.38. The molecule has 0 unspecified atom stereocenters. The number of ketones is 1. The van der Waals surface area contributed by atoms with Gasteiger partial charge in [0.25, 0.3) is 0 Å². The molecule has 0 radical (unpaired) electrons. The summed E-state index contributed by atoms with van der Waals surface area (Å²) in [5.41, 5.74) is 5.83. The highest BCUT2D eigenvalue weighted by atomic mass is 19.4. The van der Waals surface area contributed by atoms with Crippen molar-refractivity contribution in [3.05, 3.63) is 89.4 Å². The Kier molecular flexibility index (Phi) is 4.34. The summed E-state index contributed by atoms with van der Waals surface area (Å²) in [6.45, 7) is 0. The minimum atomic E-state index is -4.67. The van der Waals surface area contributed by atoms with Gasteiger partial charge in [0.05, 0.1) is 11.3 Å². The number of carbonyl (C=O) groups excluding carboxylic acids is 1. The number of nitrogen functional groups attached to an aromatic ring is 1. The third-order valence-electron chi connectivity index (χ3n) is 4.50. The summed E-state index contributed by atoms with van der Waals surface area (Å²) in [6.07, 6.45) is -3.22. The van der Waals surface area contributed by atoms with Gasteiger partial charge in [0.15, 0.2) is 11.6 Å². The zero-order chi connectivity index (χ0) is 20.8. The fraction of sp³-hybridized carbons (Fsp3) is 0.0476. The van der Waals surface area contributed by atoms with Crippen LogP contribution in [0.4, 0.5) is 23.4 Å². The molecule has 0 aliphatic heterocycles. The lowest BCUT2D eigenvalue weighted by atomic mass is 10.0. The van der Waals surface area contributed by atoms with Crippen LogP contribution in [0.3, 0.4) is 0 Å². The van der Waals surface area contributed by atoms with Crippen molar-refractivity contribution in [3.63, 3.8) is 0 Å². The first-order chi connectivity index (χ1) is 13.8. The summed E-state index contributed by atoms with van der Waals surface area (Å²) in [6, 6.07) is 13.8. The van der Waals surface area contributed by atoms with E-state index in [-0.39, 0.29) is 22.9 Å². The highest BCUT2D eigenvalue weighted by Crippen LogP contribution is 2.35. The average Bonchev–Trinajstić information content (AvgIpc) is 3.02. The van der Waals surface area contributed by atoms with Crippen LogP contribution >= 0.6 is 0 Å². The van der Waals surface area contributed by atoms with E-state index in [1.165, 1.54) is 16.7 Å². The predicted octanol–water partition coefficient (Wildman–Crippen LogP) is 4.97. The Morgan fingerprint density at radius 1 is 0.966 bits per heavy atom. The summed E-state index contributed by atoms with van der Waals surface area (Å²) in [5, 5.41) is 0. The number of aromatic nitrogens is 2. The highest BCUT2D eigenvalue weighted by molar-refractivity contribution is 6.09. The number of pyridine rings is 1. The quantitative estimate of drug-likeness (QED) is 0.391. The number of carbonyl (C=O) groups is 1. The van der Waals surface area contributed by atoms with Crippen molar-refractivity contribution in [2.45, 2.75) is 6.18 Å². The molecule has 0 bridgehead atoms. The van der Waals surface area contributed by atoms with Crippen LogP contribution < -0.4 is 5.73 Å². The largest absolute Gasteiger partial charge is 0.416 e. The third-order valence-corrected chi connectivity index (χ3v) is 4.50. The topological polar surface area (TPSA) is 60.4 Å². The first kappa shape index (κ1) is 18.7. The van der Waals surface area contributed by atoms with Crippen LogP contribution in [0.25, 0.3) is 16.9 Å². The van der Waals surface area contributed by atoms with Gasteiger partial charge in [-0.25, -0.2) is 9.37 Å². The molecular weight excluding hydrogens is 386 g/mol. The molecule has 0 saturated heterocycles. The number of fused-ring (bicyclic) bond motifs is 1. The smallest absolute Gasteiger partial charge is 0.382 e. The van der Waals surface area contributed by atoms with Gasteiger partial charge in [0, 0.05) is 22.9 Å². The maximum atomic E-state index is 14.5. The van der Waals surface area contributed by atoms with Crippen molar-refractivity contribution in [1.82, 2.24) is 9.38 Å². The molecule has 0 aliphatic carbocycles. The zero-order valence-electron chi connectivity index (χ0n) is 14.7. The first-order valence-corrected chi connectivity index (χ1v) is 8.50.